The van der Waals surface area contributed by atoms with E-state index in [0.29, 0.717) is 0 Å². The van der Waals surface area contributed by atoms with Crippen LogP contribution in [0, 0.1) is 10.8 Å². The molecule has 0 aliphatic heterocycles. The monoisotopic (exact) mass is 326 g/mol. The van der Waals surface area contributed by atoms with Gasteiger partial charge in [0.2, 0.25) is 0 Å². The quantitative estimate of drug-likeness (QED) is 0.600. The summed E-state index contributed by atoms with van der Waals surface area (Å²) in [5.74, 6) is -0.566. The van der Waals surface area contributed by atoms with Gasteiger partial charge in [-0.25, -0.2) is 0 Å². The van der Waals surface area contributed by atoms with Crippen LogP contribution in [0.1, 0.15) is 51.9 Å². The van der Waals surface area contributed by atoms with Crippen LogP contribution < -0.4 is 0 Å². The third-order valence-corrected chi connectivity index (χ3v) is 5.71. The maximum atomic E-state index is 11.5. The molecule has 0 saturated heterocycles. The molecule has 3 rings (SSSR count). The Morgan fingerprint density at radius 2 is 1.74 bits per heavy atom. The molecule has 1 N–H and O–H groups in total. The fraction of sp³-hybridized carbons (Fsp3) is 0.688. The van der Waals surface area contributed by atoms with Crippen LogP contribution >= 0.6 is 15.9 Å². The highest BCUT2D eigenvalue weighted by Crippen LogP contribution is 2.57. The molecule has 3 heteroatoms. The second-order valence-electron chi connectivity index (χ2n) is 6.15. The van der Waals surface area contributed by atoms with Crippen molar-refractivity contribution in [2.45, 2.75) is 51.9 Å². The average molecular weight is 327 g/mol. The molecular formula is C16H23BrO2. The van der Waals surface area contributed by atoms with Gasteiger partial charge in [0.15, 0.2) is 0 Å². The topological polar surface area (TPSA) is 37.3 Å². The zero-order valence-electron chi connectivity index (χ0n) is 11.6. The number of carboxylic acids is 1. The minimum Gasteiger partial charge on any atom is -0.481 e. The van der Waals surface area contributed by atoms with E-state index in [0.717, 1.165) is 50.3 Å². The minimum absolute atomic E-state index is 0.270. The van der Waals surface area contributed by atoms with E-state index in [9.17, 15) is 9.90 Å². The summed E-state index contributed by atoms with van der Waals surface area (Å²) < 4.78 is 0. The Kier molecular flexibility index (Phi) is 4.54. The van der Waals surface area contributed by atoms with Crippen LogP contribution in [0.4, 0.5) is 0 Å². The molecule has 2 bridgehead atoms. The van der Waals surface area contributed by atoms with Gasteiger partial charge in [0.1, 0.15) is 0 Å². The number of fused-ring (bicyclic) bond motifs is 4. The van der Waals surface area contributed by atoms with Gasteiger partial charge in [-0.1, -0.05) is 46.2 Å². The van der Waals surface area contributed by atoms with Crippen LogP contribution in [0.3, 0.4) is 0 Å². The van der Waals surface area contributed by atoms with Crippen LogP contribution in [-0.2, 0) is 4.79 Å². The summed E-state index contributed by atoms with van der Waals surface area (Å²) in [5.41, 5.74) is 1.29. The van der Waals surface area contributed by atoms with E-state index in [1.165, 1.54) is 5.57 Å². The molecule has 0 amide bonds. The van der Waals surface area contributed by atoms with Crippen molar-refractivity contribution < 1.29 is 9.90 Å². The standard InChI is InChI=1S/C16H23BrO2/c1-13(5-2-3-12-17)15-6-4-7-16(10-8-15,11-9-15)14(18)19/h2-3,5H,4,6-12H2,1H3,(H,18,19). The smallest absolute Gasteiger partial charge is 0.309 e. The lowest BCUT2D eigenvalue weighted by Crippen LogP contribution is -2.36. The van der Waals surface area contributed by atoms with Gasteiger partial charge < -0.3 is 5.11 Å². The Morgan fingerprint density at radius 3 is 2.32 bits per heavy atom. The molecule has 0 aromatic rings. The van der Waals surface area contributed by atoms with Crippen LogP contribution in [0.5, 0.6) is 0 Å². The lowest BCUT2D eigenvalue weighted by Gasteiger charge is -2.41. The molecule has 0 unspecified atom stereocenters. The molecule has 106 valence electrons. The Labute approximate surface area is 124 Å². The normalized spacial score (nSPS) is 35.6. The molecular weight excluding hydrogens is 304 g/mol. The Hall–Kier alpha value is -0.570. The van der Waals surface area contributed by atoms with E-state index in [2.05, 4.69) is 41.1 Å². The highest BCUT2D eigenvalue weighted by Gasteiger charge is 2.49. The number of halogens is 1. The third-order valence-electron chi connectivity index (χ3n) is 5.34. The molecule has 0 aromatic carbocycles. The molecule has 3 aliphatic rings. The third kappa shape index (κ3) is 2.81. The van der Waals surface area contributed by atoms with Crippen LogP contribution in [-0.4, -0.2) is 16.4 Å². The van der Waals surface area contributed by atoms with Gasteiger partial charge in [0.25, 0.3) is 0 Å². The molecule has 3 aliphatic carbocycles. The molecule has 0 atom stereocenters. The number of allylic oxidation sites excluding steroid dienone is 4. The Balaban J connectivity index is 2.18. The largest absolute Gasteiger partial charge is 0.481 e. The number of aliphatic carboxylic acids is 1. The van der Waals surface area contributed by atoms with E-state index in [1.807, 2.05) is 0 Å². The Bertz CT molecular complexity index is 401. The van der Waals surface area contributed by atoms with E-state index < -0.39 is 11.4 Å². The average Bonchev–Trinajstić information content (AvgIpc) is 2.71. The van der Waals surface area contributed by atoms with Crippen LogP contribution in [0.2, 0.25) is 0 Å². The minimum atomic E-state index is -0.566. The van der Waals surface area contributed by atoms with Crippen molar-refractivity contribution >= 4 is 21.9 Å². The predicted molar refractivity (Wildman–Crippen MR) is 81.5 cm³/mol. The first-order chi connectivity index (χ1) is 9.05. The van der Waals surface area contributed by atoms with E-state index in [-0.39, 0.29) is 5.41 Å². The summed E-state index contributed by atoms with van der Waals surface area (Å²) in [7, 11) is 0. The van der Waals surface area contributed by atoms with Crippen molar-refractivity contribution in [1.82, 2.24) is 0 Å². The molecule has 0 radical (unpaired) electrons. The van der Waals surface area contributed by atoms with Crippen molar-refractivity contribution in [3.8, 4) is 0 Å². The van der Waals surface area contributed by atoms with E-state index >= 15 is 0 Å². The van der Waals surface area contributed by atoms with Gasteiger partial charge in [-0.05, 0) is 50.9 Å². The molecule has 2 nitrogen and oxygen atoms in total. The van der Waals surface area contributed by atoms with Gasteiger partial charge in [-0.15, -0.1) is 0 Å². The number of hydrogen-bond acceptors (Lipinski definition) is 1. The maximum absolute atomic E-state index is 11.5. The van der Waals surface area contributed by atoms with Crippen molar-refractivity contribution in [1.29, 1.82) is 0 Å². The van der Waals surface area contributed by atoms with Gasteiger partial charge in [-0.3, -0.25) is 4.79 Å². The number of carbonyl (C=O) groups is 1. The van der Waals surface area contributed by atoms with E-state index in [4.69, 9.17) is 0 Å². The fourth-order valence-corrected chi connectivity index (χ4v) is 4.04. The van der Waals surface area contributed by atoms with Crippen molar-refractivity contribution in [3.63, 3.8) is 0 Å². The molecule has 3 fully saturated rings. The number of carboxylic acid groups (broad SMARTS) is 1. The fourth-order valence-electron chi connectivity index (χ4n) is 3.83. The van der Waals surface area contributed by atoms with Crippen molar-refractivity contribution in [3.05, 3.63) is 23.8 Å². The second-order valence-corrected chi connectivity index (χ2v) is 6.80. The summed E-state index contributed by atoms with van der Waals surface area (Å²) in [5, 5.41) is 10.4. The summed E-state index contributed by atoms with van der Waals surface area (Å²) >= 11 is 3.39. The predicted octanol–water partition coefficient (Wildman–Crippen LogP) is 4.70. The number of alkyl halides is 1. The number of hydrogen-bond donors (Lipinski definition) is 1. The first-order valence-corrected chi connectivity index (χ1v) is 8.30. The SMILES string of the molecule is CC(=CC=CCBr)C12CCCC(C(=O)O)(CC1)CC2. The molecule has 0 heterocycles. The molecule has 0 aromatic heterocycles. The summed E-state index contributed by atoms with van der Waals surface area (Å²) in [6.07, 6.45) is 13.3. The summed E-state index contributed by atoms with van der Waals surface area (Å²) in [4.78, 5) is 11.5. The maximum Gasteiger partial charge on any atom is 0.309 e. The van der Waals surface area contributed by atoms with Gasteiger partial charge in [0.05, 0.1) is 5.41 Å². The lowest BCUT2D eigenvalue weighted by atomic mass is 9.62. The zero-order chi connectivity index (χ0) is 13.9. The lowest BCUT2D eigenvalue weighted by molar-refractivity contribution is -0.151. The van der Waals surface area contributed by atoms with Gasteiger partial charge in [0, 0.05) is 5.33 Å². The highest BCUT2D eigenvalue weighted by atomic mass is 79.9. The van der Waals surface area contributed by atoms with Crippen molar-refractivity contribution in [2.75, 3.05) is 5.33 Å². The second kappa shape index (κ2) is 5.82. The van der Waals surface area contributed by atoms with Crippen molar-refractivity contribution in [2.24, 2.45) is 10.8 Å². The Morgan fingerprint density at radius 1 is 1.16 bits per heavy atom. The first-order valence-electron chi connectivity index (χ1n) is 7.18. The highest BCUT2D eigenvalue weighted by molar-refractivity contribution is 9.09. The van der Waals surface area contributed by atoms with Gasteiger partial charge in [-0.2, -0.15) is 0 Å². The first kappa shape index (κ1) is 14.8. The summed E-state index contributed by atoms with van der Waals surface area (Å²) in [6.45, 7) is 2.22. The molecule has 3 saturated carbocycles. The number of rotatable bonds is 4. The zero-order valence-corrected chi connectivity index (χ0v) is 13.2. The van der Waals surface area contributed by atoms with E-state index in [1.54, 1.807) is 0 Å². The summed E-state index contributed by atoms with van der Waals surface area (Å²) in [6, 6.07) is 0. The van der Waals surface area contributed by atoms with Gasteiger partial charge >= 0.3 is 5.97 Å². The molecule has 19 heavy (non-hydrogen) atoms. The molecule has 0 spiro atoms. The van der Waals surface area contributed by atoms with Crippen LogP contribution in [0.25, 0.3) is 0 Å². The van der Waals surface area contributed by atoms with Crippen LogP contribution in [0.15, 0.2) is 23.8 Å².